The molecule has 4 atom stereocenters. The molecule has 12 heteroatoms. The monoisotopic (exact) mass is 717 g/mol. The second kappa shape index (κ2) is 18.4. The number of hydrogen-bond donors (Lipinski definition) is 2. The van der Waals surface area contributed by atoms with E-state index in [9.17, 15) is 18.5 Å². The molecule has 0 spiro atoms. The fourth-order valence-corrected chi connectivity index (χ4v) is 8.39. The van der Waals surface area contributed by atoms with Crippen LogP contribution in [0.1, 0.15) is 62.5 Å². The number of nitrogens with one attached hydrogen (secondary N) is 1. The zero-order chi connectivity index (χ0) is 34.7. The number of halogens is 2. The average Bonchev–Trinajstić information content (AvgIpc) is 3.71. The number of sulfonamides is 1. The average molecular weight is 719 g/mol. The number of likely N-dealkylation sites (N-methyl/N-ethyl adjacent to an activating group) is 2. The highest BCUT2D eigenvalue weighted by molar-refractivity contribution is 7.89. The predicted molar refractivity (Wildman–Crippen MR) is 195 cm³/mol. The van der Waals surface area contributed by atoms with Crippen LogP contribution in [0.4, 0.5) is 5.69 Å². The molecule has 3 N–H and O–H groups in total. The Bertz CT molecular complexity index is 1540. The third-order valence-electron chi connectivity index (χ3n) is 9.59. The highest BCUT2D eigenvalue weighted by Gasteiger charge is 2.33. The summed E-state index contributed by atoms with van der Waals surface area (Å²) in [6, 6.07) is 21.9. The van der Waals surface area contributed by atoms with Crippen LogP contribution in [0.25, 0.3) is 0 Å². The van der Waals surface area contributed by atoms with E-state index in [1.54, 1.807) is 0 Å². The predicted octanol–water partition coefficient (Wildman–Crippen LogP) is 7.10. The van der Waals surface area contributed by atoms with Crippen molar-refractivity contribution in [1.82, 2.24) is 14.5 Å². The normalized spacial score (nSPS) is 21.0. The lowest BCUT2D eigenvalue weighted by molar-refractivity contribution is -0.384. The molecule has 9 nitrogen and oxygen atoms in total. The van der Waals surface area contributed by atoms with Crippen LogP contribution in [-0.2, 0) is 22.9 Å². The van der Waals surface area contributed by atoms with E-state index in [1.807, 2.05) is 43.4 Å². The van der Waals surface area contributed by atoms with Gasteiger partial charge in [0.1, 0.15) is 0 Å². The molecule has 0 radical (unpaired) electrons. The molecule has 0 aromatic heterocycles. The SMILES string of the molecule is CN(CCCc1ccc(Cl)cc1)[C@@H]1CCC[C@H]1N.CN(CCCc1ccc(Cl)cc1)[C@@H]1CCC[C@H]1NS(=O)(=O)c1ccc([N+](=O)[O-])cc1. The Balaban J connectivity index is 0.000000246. The van der Waals surface area contributed by atoms with Crippen molar-refractivity contribution < 1.29 is 13.3 Å². The molecule has 5 rings (SSSR count). The summed E-state index contributed by atoms with van der Waals surface area (Å²) in [5.41, 5.74) is 8.59. The number of benzene rings is 3. The van der Waals surface area contributed by atoms with Crippen molar-refractivity contribution in [3.63, 3.8) is 0 Å². The molecule has 262 valence electrons. The number of hydrogen-bond acceptors (Lipinski definition) is 7. The summed E-state index contributed by atoms with van der Waals surface area (Å²) in [5, 5.41) is 12.3. The van der Waals surface area contributed by atoms with Crippen LogP contribution in [0.2, 0.25) is 10.0 Å². The third-order valence-corrected chi connectivity index (χ3v) is 11.6. The molecule has 0 unspecified atom stereocenters. The second-order valence-corrected chi connectivity index (χ2v) is 15.6. The van der Waals surface area contributed by atoms with Gasteiger partial charge in [0.05, 0.1) is 9.82 Å². The van der Waals surface area contributed by atoms with Gasteiger partial charge in [0.2, 0.25) is 10.0 Å². The van der Waals surface area contributed by atoms with Gasteiger partial charge in [0.15, 0.2) is 0 Å². The standard InChI is InChI=1S/C21H26ClN3O4S.C15H23ClN2/c1-24(15-3-4-16-7-9-17(22)10-8-16)21-6-2-5-20(21)23-30(28,29)19-13-11-18(12-14-19)25(26)27;1-18(15-6-2-5-14(15)17)11-3-4-12-7-9-13(16)10-8-12/h7-14,20-21,23H,2-6,15H2,1H3;7-10,14-15H,2-6,11,17H2,1H3/t20-,21-;14-,15-/m11/s1. The number of nitro benzene ring substituents is 1. The van der Waals surface area contributed by atoms with Crippen molar-refractivity contribution in [3.8, 4) is 0 Å². The highest BCUT2D eigenvalue weighted by Crippen LogP contribution is 2.26. The van der Waals surface area contributed by atoms with Gasteiger partial charge in [-0.25, -0.2) is 13.1 Å². The van der Waals surface area contributed by atoms with Crippen LogP contribution in [0, 0.1) is 10.1 Å². The molecule has 0 bridgehead atoms. The molecule has 2 saturated carbocycles. The maximum Gasteiger partial charge on any atom is 0.269 e. The number of aryl methyl sites for hydroxylation is 2. The Labute approximate surface area is 296 Å². The van der Waals surface area contributed by atoms with Gasteiger partial charge in [0, 0.05) is 46.3 Å². The van der Waals surface area contributed by atoms with E-state index in [-0.39, 0.29) is 22.7 Å². The number of non-ortho nitro benzene ring substituents is 1. The summed E-state index contributed by atoms with van der Waals surface area (Å²) in [5.74, 6) is 0. The minimum absolute atomic E-state index is 0.0455. The van der Waals surface area contributed by atoms with Crippen LogP contribution in [0.15, 0.2) is 77.7 Å². The van der Waals surface area contributed by atoms with Crippen molar-refractivity contribution in [3.05, 3.63) is 104 Å². The first-order valence-electron chi connectivity index (χ1n) is 16.8. The molecule has 48 heavy (non-hydrogen) atoms. The van der Waals surface area contributed by atoms with Gasteiger partial charge < -0.3 is 15.5 Å². The second-order valence-electron chi connectivity index (χ2n) is 13.1. The van der Waals surface area contributed by atoms with Gasteiger partial charge in [-0.05, 0) is 126 Å². The Morgan fingerprint density at radius 3 is 1.73 bits per heavy atom. The molecule has 2 aliphatic rings. The molecular weight excluding hydrogens is 669 g/mol. The van der Waals surface area contributed by atoms with Crippen LogP contribution >= 0.6 is 23.2 Å². The number of rotatable bonds is 14. The van der Waals surface area contributed by atoms with E-state index in [0.29, 0.717) is 12.1 Å². The molecule has 0 amide bonds. The zero-order valence-electron chi connectivity index (χ0n) is 27.9. The van der Waals surface area contributed by atoms with Gasteiger partial charge in [-0.15, -0.1) is 0 Å². The summed E-state index contributed by atoms with van der Waals surface area (Å²) in [6.45, 7) is 1.99. The smallest absolute Gasteiger partial charge is 0.269 e. The van der Waals surface area contributed by atoms with Gasteiger partial charge >= 0.3 is 0 Å². The lowest BCUT2D eigenvalue weighted by Gasteiger charge is -2.30. The Morgan fingerprint density at radius 1 is 0.771 bits per heavy atom. The van der Waals surface area contributed by atoms with Gasteiger partial charge in [-0.2, -0.15) is 0 Å². The quantitative estimate of drug-likeness (QED) is 0.135. The van der Waals surface area contributed by atoms with E-state index < -0.39 is 14.9 Å². The van der Waals surface area contributed by atoms with E-state index in [4.69, 9.17) is 28.9 Å². The van der Waals surface area contributed by atoms with Gasteiger partial charge in [-0.3, -0.25) is 10.1 Å². The molecule has 0 saturated heterocycles. The fraction of sp³-hybridized carbons (Fsp3) is 0.500. The van der Waals surface area contributed by atoms with Crippen molar-refractivity contribution in [2.45, 2.75) is 93.3 Å². The molecule has 0 heterocycles. The first-order chi connectivity index (χ1) is 22.9. The van der Waals surface area contributed by atoms with Gasteiger partial charge in [0.25, 0.3) is 5.69 Å². The highest BCUT2D eigenvalue weighted by atomic mass is 35.5. The first-order valence-corrected chi connectivity index (χ1v) is 19.1. The number of nitrogens with two attached hydrogens (primary N) is 1. The van der Waals surface area contributed by atoms with E-state index in [2.05, 4.69) is 33.7 Å². The maximum atomic E-state index is 12.8. The molecule has 2 aliphatic carbocycles. The van der Waals surface area contributed by atoms with Crippen LogP contribution in [0.5, 0.6) is 0 Å². The van der Waals surface area contributed by atoms with Crippen molar-refractivity contribution in [2.24, 2.45) is 5.73 Å². The summed E-state index contributed by atoms with van der Waals surface area (Å²) < 4.78 is 28.3. The zero-order valence-corrected chi connectivity index (χ0v) is 30.3. The van der Waals surface area contributed by atoms with Gasteiger partial charge in [-0.1, -0.05) is 60.3 Å². The largest absolute Gasteiger partial charge is 0.326 e. The lowest BCUT2D eigenvalue weighted by atomic mass is 10.1. The fourth-order valence-electron chi connectivity index (χ4n) is 6.84. The van der Waals surface area contributed by atoms with Crippen molar-refractivity contribution in [2.75, 3.05) is 27.2 Å². The number of nitrogens with zero attached hydrogens (tertiary/aromatic N) is 3. The van der Waals surface area contributed by atoms with Crippen LogP contribution in [0.3, 0.4) is 0 Å². The molecule has 3 aromatic rings. The summed E-state index contributed by atoms with van der Waals surface area (Å²) in [4.78, 5) is 14.9. The Kier molecular flexibility index (Phi) is 14.7. The van der Waals surface area contributed by atoms with Crippen LogP contribution in [-0.4, -0.2) is 74.5 Å². The van der Waals surface area contributed by atoms with Crippen molar-refractivity contribution >= 4 is 38.9 Å². The summed E-state index contributed by atoms with van der Waals surface area (Å²) >= 11 is 11.8. The van der Waals surface area contributed by atoms with Crippen LogP contribution < -0.4 is 10.5 Å². The summed E-state index contributed by atoms with van der Waals surface area (Å²) in [6.07, 6.45) is 10.6. The molecule has 3 aromatic carbocycles. The molecular formula is C36H49Cl2N5O4S. The molecule has 0 aliphatic heterocycles. The van der Waals surface area contributed by atoms with E-state index in [1.165, 1.54) is 61.1 Å². The first kappa shape index (κ1) is 38.2. The molecule has 2 fully saturated rings. The summed E-state index contributed by atoms with van der Waals surface area (Å²) in [7, 11) is 0.507. The van der Waals surface area contributed by atoms with Crippen molar-refractivity contribution in [1.29, 1.82) is 0 Å². The minimum atomic E-state index is -3.73. The van der Waals surface area contributed by atoms with E-state index >= 15 is 0 Å². The number of nitro groups is 1. The maximum absolute atomic E-state index is 12.8. The lowest BCUT2D eigenvalue weighted by Crippen LogP contribution is -2.47. The Morgan fingerprint density at radius 2 is 1.25 bits per heavy atom. The minimum Gasteiger partial charge on any atom is -0.326 e. The van der Waals surface area contributed by atoms with E-state index in [0.717, 1.165) is 61.7 Å². The Hall–Kier alpha value is -2.57. The topological polar surface area (TPSA) is 122 Å². The third kappa shape index (κ3) is 11.5.